The molecule has 0 aliphatic rings. The number of carbonyl (C=O) groups excluding carboxylic acids is 2. The van der Waals surface area contributed by atoms with E-state index >= 15 is 0 Å². The predicted molar refractivity (Wildman–Crippen MR) is 132 cm³/mol. The van der Waals surface area contributed by atoms with Gasteiger partial charge < -0.3 is 16.0 Å². The zero-order valence-corrected chi connectivity index (χ0v) is 19.2. The minimum Gasteiger partial charge on any atom is -0.348 e. The molecule has 0 fully saturated rings. The summed E-state index contributed by atoms with van der Waals surface area (Å²) in [6, 6.07) is 26.1. The maximum atomic E-state index is 12.5. The largest absolute Gasteiger partial charge is 0.348 e. The lowest BCUT2D eigenvalue weighted by molar-refractivity contribution is 0.0951. The summed E-state index contributed by atoms with van der Waals surface area (Å²) in [6.07, 6.45) is 1.80. The van der Waals surface area contributed by atoms with Crippen LogP contribution in [0.15, 0.2) is 96.0 Å². The number of benzene rings is 3. The van der Waals surface area contributed by atoms with Crippen molar-refractivity contribution in [3.63, 3.8) is 0 Å². The zero-order chi connectivity index (χ0) is 23.6. The Morgan fingerprint density at radius 2 is 1.62 bits per heavy atom. The highest BCUT2D eigenvalue weighted by molar-refractivity contribution is 7.98. The van der Waals surface area contributed by atoms with Gasteiger partial charge in [0.2, 0.25) is 0 Å². The number of thioether (sulfide) groups is 1. The van der Waals surface area contributed by atoms with Gasteiger partial charge in [-0.2, -0.15) is 0 Å². The van der Waals surface area contributed by atoms with E-state index in [1.165, 1.54) is 0 Å². The maximum Gasteiger partial charge on any atom is 0.319 e. The fraction of sp³-hybridized carbons (Fsp3) is 0.120. The number of hydrogen-bond acceptors (Lipinski definition) is 5. The maximum absolute atomic E-state index is 12.5. The summed E-state index contributed by atoms with van der Waals surface area (Å²) in [5.41, 5.74) is 2.65. The van der Waals surface area contributed by atoms with Crippen molar-refractivity contribution in [3.05, 3.63) is 108 Å². The van der Waals surface area contributed by atoms with Crippen molar-refractivity contribution in [2.45, 2.75) is 23.9 Å². The van der Waals surface area contributed by atoms with Crippen molar-refractivity contribution in [2.24, 2.45) is 0 Å². The van der Waals surface area contributed by atoms with Gasteiger partial charge in [-0.1, -0.05) is 59.8 Å². The molecule has 0 unspecified atom stereocenters. The van der Waals surface area contributed by atoms with Crippen LogP contribution in [0.4, 0.5) is 10.5 Å². The molecule has 0 atom stereocenters. The Morgan fingerprint density at radius 3 is 2.41 bits per heavy atom. The summed E-state index contributed by atoms with van der Waals surface area (Å²) in [5.74, 6) is 0.417. The van der Waals surface area contributed by atoms with Gasteiger partial charge in [-0.05, 0) is 35.9 Å². The van der Waals surface area contributed by atoms with Crippen molar-refractivity contribution < 1.29 is 9.59 Å². The van der Waals surface area contributed by atoms with Gasteiger partial charge in [0.1, 0.15) is 5.69 Å². The lowest BCUT2D eigenvalue weighted by Crippen LogP contribution is -2.28. The summed E-state index contributed by atoms with van der Waals surface area (Å²) in [5, 5.41) is 16.6. The highest BCUT2D eigenvalue weighted by Crippen LogP contribution is 2.18. The molecular weight excluding hydrogens is 448 g/mol. The Hall–Kier alpha value is -4.11. The second-order valence-corrected chi connectivity index (χ2v) is 8.41. The summed E-state index contributed by atoms with van der Waals surface area (Å²) >= 11 is 1.65. The first-order valence-corrected chi connectivity index (χ1v) is 11.7. The number of amides is 3. The molecule has 0 saturated carbocycles. The third-order valence-electron chi connectivity index (χ3n) is 4.80. The number of nitrogens with one attached hydrogen (secondary N) is 3. The fourth-order valence-electron chi connectivity index (χ4n) is 3.10. The Morgan fingerprint density at radius 1 is 0.853 bits per heavy atom. The molecule has 0 radical (unpaired) electrons. The SMILES string of the molecule is O=C(NCc1cn(CSc2ccccc2)nn1)Nc1cccc(C(=O)NCc2ccccc2)c1. The molecule has 0 bridgehead atoms. The molecule has 9 heteroatoms. The molecular formula is C25H24N6O2S. The second kappa shape index (κ2) is 11.7. The minimum atomic E-state index is -0.393. The molecule has 8 nitrogen and oxygen atoms in total. The van der Waals surface area contributed by atoms with Crippen LogP contribution in [0.3, 0.4) is 0 Å². The Bertz CT molecular complexity index is 1230. The molecule has 3 amide bonds. The van der Waals surface area contributed by atoms with Gasteiger partial charge in [0.25, 0.3) is 5.91 Å². The van der Waals surface area contributed by atoms with Crippen LogP contribution in [0.5, 0.6) is 0 Å². The van der Waals surface area contributed by atoms with Crippen LogP contribution in [0.2, 0.25) is 0 Å². The highest BCUT2D eigenvalue weighted by atomic mass is 32.2. The van der Waals surface area contributed by atoms with E-state index in [2.05, 4.69) is 26.3 Å². The molecule has 0 aliphatic carbocycles. The smallest absolute Gasteiger partial charge is 0.319 e. The van der Waals surface area contributed by atoms with E-state index in [0.29, 0.717) is 29.4 Å². The standard InChI is InChI=1S/C25H24N6O2S/c32-24(26-15-19-8-3-1-4-9-19)20-10-7-11-21(14-20)28-25(33)27-16-22-17-31(30-29-22)18-34-23-12-5-2-6-13-23/h1-14,17H,15-16,18H2,(H,26,32)(H2,27,28,33). The number of rotatable bonds is 9. The topological polar surface area (TPSA) is 101 Å². The lowest BCUT2D eigenvalue weighted by Gasteiger charge is -2.09. The Kier molecular flexibility index (Phi) is 7.91. The third-order valence-corrected chi connectivity index (χ3v) is 5.80. The van der Waals surface area contributed by atoms with E-state index in [1.807, 2.05) is 60.7 Å². The summed E-state index contributed by atoms with van der Waals surface area (Å²) in [6.45, 7) is 0.668. The van der Waals surface area contributed by atoms with Crippen molar-refractivity contribution in [1.29, 1.82) is 0 Å². The van der Waals surface area contributed by atoms with Gasteiger partial charge in [-0.25, -0.2) is 9.48 Å². The molecule has 3 N–H and O–H groups in total. The van der Waals surface area contributed by atoms with Gasteiger partial charge in [-0.3, -0.25) is 4.79 Å². The average Bonchev–Trinajstić information content (AvgIpc) is 3.34. The van der Waals surface area contributed by atoms with Gasteiger partial charge in [0, 0.05) is 22.7 Å². The number of hydrogen-bond donors (Lipinski definition) is 3. The molecule has 1 heterocycles. The van der Waals surface area contributed by atoms with E-state index in [1.54, 1.807) is 46.9 Å². The zero-order valence-electron chi connectivity index (χ0n) is 18.3. The Balaban J connectivity index is 1.23. The van der Waals surface area contributed by atoms with E-state index in [0.717, 1.165) is 10.5 Å². The van der Waals surface area contributed by atoms with E-state index < -0.39 is 6.03 Å². The number of urea groups is 1. The van der Waals surface area contributed by atoms with Crippen LogP contribution >= 0.6 is 11.8 Å². The first kappa shape index (κ1) is 23.1. The Labute approximate surface area is 201 Å². The molecule has 4 rings (SSSR count). The number of carbonyl (C=O) groups is 2. The molecule has 4 aromatic rings. The van der Waals surface area contributed by atoms with E-state index in [-0.39, 0.29) is 12.5 Å². The molecule has 172 valence electrons. The first-order valence-electron chi connectivity index (χ1n) is 10.7. The minimum absolute atomic E-state index is 0.210. The molecule has 0 saturated heterocycles. The van der Waals surface area contributed by atoms with Crippen LogP contribution in [-0.4, -0.2) is 26.9 Å². The van der Waals surface area contributed by atoms with Crippen LogP contribution in [-0.2, 0) is 19.0 Å². The number of nitrogens with zero attached hydrogens (tertiary/aromatic N) is 3. The van der Waals surface area contributed by atoms with Crippen molar-refractivity contribution in [2.75, 3.05) is 5.32 Å². The van der Waals surface area contributed by atoms with E-state index in [4.69, 9.17) is 0 Å². The third kappa shape index (κ3) is 6.94. The second-order valence-electron chi connectivity index (χ2n) is 7.39. The molecule has 34 heavy (non-hydrogen) atoms. The normalized spacial score (nSPS) is 10.5. The number of anilines is 1. The van der Waals surface area contributed by atoms with Gasteiger partial charge in [-0.15, -0.1) is 16.9 Å². The van der Waals surface area contributed by atoms with Gasteiger partial charge in [0.15, 0.2) is 0 Å². The first-order chi connectivity index (χ1) is 16.7. The summed E-state index contributed by atoms with van der Waals surface area (Å²) < 4.78 is 1.73. The molecule has 0 spiro atoms. The van der Waals surface area contributed by atoms with E-state index in [9.17, 15) is 9.59 Å². The van der Waals surface area contributed by atoms with Crippen molar-refractivity contribution in [1.82, 2.24) is 25.6 Å². The van der Waals surface area contributed by atoms with Crippen LogP contribution in [0, 0.1) is 0 Å². The van der Waals surface area contributed by atoms with Crippen molar-refractivity contribution >= 4 is 29.4 Å². The monoisotopic (exact) mass is 472 g/mol. The average molecular weight is 473 g/mol. The molecule has 0 aliphatic heterocycles. The van der Waals surface area contributed by atoms with Crippen LogP contribution in [0.1, 0.15) is 21.6 Å². The van der Waals surface area contributed by atoms with Gasteiger partial charge >= 0.3 is 6.03 Å². The summed E-state index contributed by atoms with van der Waals surface area (Å²) in [7, 11) is 0. The molecule has 3 aromatic carbocycles. The summed E-state index contributed by atoms with van der Waals surface area (Å²) in [4.78, 5) is 25.9. The molecule has 1 aromatic heterocycles. The van der Waals surface area contributed by atoms with Gasteiger partial charge in [0.05, 0.1) is 18.6 Å². The fourth-order valence-corrected chi connectivity index (χ4v) is 3.86. The van der Waals surface area contributed by atoms with Crippen molar-refractivity contribution in [3.8, 4) is 0 Å². The van der Waals surface area contributed by atoms with Crippen LogP contribution < -0.4 is 16.0 Å². The quantitative estimate of drug-likeness (QED) is 0.316. The highest BCUT2D eigenvalue weighted by Gasteiger charge is 2.09. The number of aromatic nitrogens is 3. The lowest BCUT2D eigenvalue weighted by atomic mass is 10.1. The van der Waals surface area contributed by atoms with Crippen LogP contribution in [0.25, 0.3) is 0 Å². The predicted octanol–water partition coefficient (Wildman–Crippen LogP) is 4.28.